The van der Waals surface area contributed by atoms with Gasteiger partial charge in [-0.2, -0.15) is 4.98 Å². The van der Waals surface area contributed by atoms with Crippen molar-refractivity contribution >= 4 is 11.6 Å². The van der Waals surface area contributed by atoms with E-state index < -0.39 is 0 Å². The second-order valence-corrected chi connectivity index (χ2v) is 4.59. The molecule has 2 aromatic rings. The predicted molar refractivity (Wildman–Crippen MR) is 72.8 cm³/mol. The summed E-state index contributed by atoms with van der Waals surface area (Å²) < 4.78 is 10.5. The summed E-state index contributed by atoms with van der Waals surface area (Å²) in [5.41, 5.74) is 6.69. The molecule has 19 heavy (non-hydrogen) atoms. The molecule has 0 saturated carbocycles. The lowest BCUT2D eigenvalue weighted by Gasteiger charge is -2.06. The standard InChI is InChI=1S/C13H16ClN3O2/c1-2-6-18-8-11(15)12-16-13(19-17-12)9-4-3-5-10(14)7-9/h3-5,7,11H,2,6,8,15H2,1H3. The van der Waals surface area contributed by atoms with E-state index in [0.717, 1.165) is 12.0 Å². The summed E-state index contributed by atoms with van der Waals surface area (Å²) >= 11 is 5.91. The van der Waals surface area contributed by atoms with Crippen molar-refractivity contribution in [2.45, 2.75) is 19.4 Å². The van der Waals surface area contributed by atoms with Crippen molar-refractivity contribution in [2.24, 2.45) is 5.73 Å². The van der Waals surface area contributed by atoms with Crippen LogP contribution in [-0.4, -0.2) is 23.4 Å². The lowest BCUT2D eigenvalue weighted by molar-refractivity contribution is 0.119. The number of hydrogen-bond donors (Lipinski definition) is 1. The molecule has 0 aliphatic rings. The molecule has 2 N–H and O–H groups in total. The Labute approximate surface area is 116 Å². The van der Waals surface area contributed by atoms with Gasteiger partial charge in [-0.1, -0.05) is 29.7 Å². The Hall–Kier alpha value is -1.43. The molecule has 0 radical (unpaired) electrons. The van der Waals surface area contributed by atoms with E-state index in [1.165, 1.54) is 0 Å². The molecule has 0 bridgehead atoms. The molecule has 1 aromatic heterocycles. The zero-order chi connectivity index (χ0) is 13.7. The SMILES string of the molecule is CCCOCC(N)c1noc(-c2cccc(Cl)c2)n1. The first kappa shape index (κ1) is 14.0. The van der Waals surface area contributed by atoms with Crippen molar-refractivity contribution in [1.29, 1.82) is 0 Å². The third-order valence-electron chi connectivity index (χ3n) is 2.49. The third-order valence-corrected chi connectivity index (χ3v) is 2.73. The molecule has 0 aliphatic heterocycles. The van der Waals surface area contributed by atoms with Crippen LogP contribution in [0.3, 0.4) is 0 Å². The van der Waals surface area contributed by atoms with Gasteiger partial charge in [0.1, 0.15) is 0 Å². The van der Waals surface area contributed by atoms with Crippen LogP contribution in [-0.2, 0) is 4.74 Å². The molecule has 2 rings (SSSR count). The number of rotatable bonds is 6. The Balaban J connectivity index is 2.06. The average Bonchev–Trinajstić information content (AvgIpc) is 2.88. The van der Waals surface area contributed by atoms with Gasteiger partial charge >= 0.3 is 0 Å². The molecule has 0 fully saturated rings. The maximum Gasteiger partial charge on any atom is 0.258 e. The van der Waals surface area contributed by atoms with Crippen molar-refractivity contribution in [3.05, 3.63) is 35.1 Å². The molecule has 6 heteroatoms. The van der Waals surface area contributed by atoms with E-state index in [-0.39, 0.29) is 6.04 Å². The first-order valence-corrected chi connectivity index (χ1v) is 6.51. The Morgan fingerprint density at radius 1 is 1.47 bits per heavy atom. The number of benzene rings is 1. The Morgan fingerprint density at radius 2 is 2.32 bits per heavy atom. The summed E-state index contributed by atoms with van der Waals surface area (Å²) in [6.07, 6.45) is 0.951. The molecule has 1 aromatic carbocycles. The number of aromatic nitrogens is 2. The van der Waals surface area contributed by atoms with Crippen molar-refractivity contribution in [3.63, 3.8) is 0 Å². The molecule has 0 spiro atoms. The van der Waals surface area contributed by atoms with Crippen LogP contribution in [0.5, 0.6) is 0 Å². The van der Waals surface area contributed by atoms with Crippen molar-refractivity contribution < 1.29 is 9.26 Å². The topological polar surface area (TPSA) is 74.2 Å². The second-order valence-electron chi connectivity index (χ2n) is 4.15. The van der Waals surface area contributed by atoms with E-state index in [0.29, 0.717) is 30.0 Å². The zero-order valence-corrected chi connectivity index (χ0v) is 11.4. The molecular formula is C13H16ClN3O2. The van der Waals surface area contributed by atoms with Crippen LogP contribution >= 0.6 is 11.6 Å². The van der Waals surface area contributed by atoms with Gasteiger partial charge < -0.3 is 15.0 Å². The molecule has 102 valence electrons. The maximum absolute atomic E-state index is 5.92. The number of hydrogen-bond acceptors (Lipinski definition) is 5. The van der Waals surface area contributed by atoms with Gasteiger partial charge in [-0.05, 0) is 24.6 Å². The van der Waals surface area contributed by atoms with Crippen LogP contribution in [0, 0.1) is 0 Å². The van der Waals surface area contributed by atoms with Gasteiger partial charge in [0, 0.05) is 17.2 Å². The highest BCUT2D eigenvalue weighted by Gasteiger charge is 2.15. The number of nitrogens with zero attached hydrogens (tertiary/aromatic N) is 2. The highest BCUT2D eigenvalue weighted by atomic mass is 35.5. The maximum atomic E-state index is 5.92. The minimum absolute atomic E-state index is 0.377. The fourth-order valence-electron chi connectivity index (χ4n) is 1.55. The number of nitrogens with two attached hydrogens (primary N) is 1. The Morgan fingerprint density at radius 3 is 3.05 bits per heavy atom. The van der Waals surface area contributed by atoms with Gasteiger partial charge in [0.15, 0.2) is 5.82 Å². The average molecular weight is 282 g/mol. The quantitative estimate of drug-likeness (QED) is 0.824. The van der Waals surface area contributed by atoms with Crippen molar-refractivity contribution in [3.8, 4) is 11.5 Å². The van der Waals surface area contributed by atoms with E-state index in [1.807, 2.05) is 19.1 Å². The van der Waals surface area contributed by atoms with Gasteiger partial charge in [0.2, 0.25) is 0 Å². The Bertz CT molecular complexity index is 530. The minimum Gasteiger partial charge on any atom is -0.379 e. The molecule has 0 aliphatic carbocycles. The van der Waals surface area contributed by atoms with Gasteiger partial charge in [-0.15, -0.1) is 0 Å². The van der Waals surface area contributed by atoms with E-state index in [9.17, 15) is 0 Å². The largest absolute Gasteiger partial charge is 0.379 e. The summed E-state index contributed by atoms with van der Waals surface area (Å²) in [6, 6.07) is 6.84. The van der Waals surface area contributed by atoms with Crippen LogP contribution in [0.1, 0.15) is 25.2 Å². The highest BCUT2D eigenvalue weighted by molar-refractivity contribution is 6.30. The minimum atomic E-state index is -0.386. The smallest absolute Gasteiger partial charge is 0.258 e. The molecule has 0 amide bonds. The molecule has 5 nitrogen and oxygen atoms in total. The summed E-state index contributed by atoms with van der Waals surface area (Å²) in [4.78, 5) is 4.26. The summed E-state index contributed by atoms with van der Waals surface area (Å²) in [5, 5.41) is 4.49. The number of halogens is 1. The van der Waals surface area contributed by atoms with Crippen LogP contribution in [0.2, 0.25) is 5.02 Å². The fourth-order valence-corrected chi connectivity index (χ4v) is 1.74. The van der Waals surface area contributed by atoms with Gasteiger partial charge in [0.25, 0.3) is 5.89 Å². The molecule has 0 saturated heterocycles. The normalized spacial score (nSPS) is 12.6. The van der Waals surface area contributed by atoms with E-state index >= 15 is 0 Å². The Kier molecular flexibility index (Phi) is 4.90. The summed E-state index contributed by atoms with van der Waals surface area (Å²) in [5.74, 6) is 0.842. The first-order valence-electron chi connectivity index (χ1n) is 6.13. The molecule has 1 heterocycles. The zero-order valence-electron chi connectivity index (χ0n) is 10.7. The van der Waals surface area contributed by atoms with Crippen LogP contribution in [0.15, 0.2) is 28.8 Å². The third kappa shape index (κ3) is 3.76. The summed E-state index contributed by atoms with van der Waals surface area (Å²) in [6.45, 7) is 3.09. The van der Waals surface area contributed by atoms with Crippen molar-refractivity contribution in [1.82, 2.24) is 10.1 Å². The highest BCUT2D eigenvalue weighted by Crippen LogP contribution is 2.22. The van der Waals surface area contributed by atoms with E-state index in [2.05, 4.69) is 10.1 Å². The van der Waals surface area contributed by atoms with Gasteiger partial charge in [-0.3, -0.25) is 0 Å². The van der Waals surface area contributed by atoms with Crippen LogP contribution < -0.4 is 5.73 Å². The van der Waals surface area contributed by atoms with Gasteiger partial charge in [0.05, 0.1) is 12.6 Å². The number of ether oxygens (including phenoxy) is 1. The van der Waals surface area contributed by atoms with Crippen LogP contribution in [0.4, 0.5) is 0 Å². The van der Waals surface area contributed by atoms with Crippen molar-refractivity contribution in [2.75, 3.05) is 13.2 Å². The van der Waals surface area contributed by atoms with Gasteiger partial charge in [-0.25, -0.2) is 0 Å². The molecule has 1 unspecified atom stereocenters. The fraction of sp³-hybridized carbons (Fsp3) is 0.385. The van der Waals surface area contributed by atoms with Crippen LogP contribution in [0.25, 0.3) is 11.5 Å². The summed E-state index contributed by atoms with van der Waals surface area (Å²) in [7, 11) is 0. The molecular weight excluding hydrogens is 266 g/mol. The first-order chi connectivity index (χ1) is 9.20. The second kappa shape index (κ2) is 6.65. The lowest BCUT2D eigenvalue weighted by Crippen LogP contribution is -2.18. The lowest BCUT2D eigenvalue weighted by atomic mass is 10.2. The van der Waals surface area contributed by atoms with E-state index in [4.69, 9.17) is 26.6 Å². The monoisotopic (exact) mass is 281 g/mol. The molecule has 1 atom stereocenters. The predicted octanol–water partition coefficient (Wildman–Crippen LogP) is 2.82. The van der Waals surface area contributed by atoms with E-state index in [1.54, 1.807) is 12.1 Å².